The molecule has 1 heterocycles. The summed E-state index contributed by atoms with van der Waals surface area (Å²) in [6, 6.07) is 8.24. The predicted molar refractivity (Wildman–Crippen MR) is 60.2 cm³/mol. The van der Waals surface area contributed by atoms with Gasteiger partial charge in [0.1, 0.15) is 12.4 Å². The van der Waals surface area contributed by atoms with Crippen molar-refractivity contribution >= 4 is 5.96 Å². The molecule has 1 aliphatic heterocycles. The van der Waals surface area contributed by atoms with Crippen LogP contribution in [0.5, 0.6) is 5.75 Å². The quantitative estimate of drug-likeness (QED) is 0.529. The topological polar surface area (TPSA) is 45.7 Å². The largest absolute Gasteiger partial charge is 0.491 e. The van der Waals surface area contributed by atoms with Gasteiger partial charge in [0.05, 0.1) is 6.04 Å². The predicted octanol–water partition coefficient (Wildman–Crippen LogP) is 0.915. The number of rotatable bonds is 1. The first kappa shape index (κ1) is 9.83. The highest BCUT2D eigenvalue weighted by molar-refractivity contribution is 5.80. The van der Waals surface area contributed by atoms with E-state index in [1.807, 2.05) is 25.2 Å². The molecular weight excluding hydrogens is 190 g/mol. The number of nitrogens with one attached hydrogen (secondary N) is 2. The molecule has 0 aromatic heterocycles. The van der Waals surface area contributed by atoms with Crippen molar-refractivity contribution < 1.29 is 4.74 Å². The van der Waals surface area contributed by atoms with Crippen LogP contribution in [0.2, 0.25) is 0 Å². The van der Waals surface area contributed by atoms with Crippen LogP contribution in [-0.4, -0.2) is 26.7 Å². The zero-order chi connectivity index (χ0) is 10.7. The van der Waals surface area contributed by atoms with Crippen LogP contribution in [0, 0.1) is 0 Å². The summed E-state index contributed by atoms with van der Waals surface area (Å²) < 4.78 is 5.56. The first-order valence-electron chi connectivity index (χ1n) is 4.98. The third-order valence-electron chi connectivity index (χ3n) is 2.47. The van der Waals surface area contributed by atoms with Crippen LogP contribution in [0.25, 0.3) is 0 Å². The lowest BCUT2D eigenvalue weighted by atomic mass is 10.1. The van der Waals surface area contributed by atoms with E-state index < -0.39 is 0 Å². The summed E-state index contributed by atoms with van der Waals surface area (Å²) >= 11 is 0. The Bertz CT molecular complexity index is 376. The number of fused-ring (bicyclic) bond motifs is 1. The molecule has 0 spiro atoms. The number of para-hydroxylation sites is 1. The Labute approximate surface area is 89.4 Å². The fourth-order valence-corrected chi connectivity index (χ4v) is 1.70. The van der Waals surface area contributed by atoms with Crippen molar-refractivity contribution in [3.63, 3.8) is 0 Å². The summed E-state index contributed by atoms with van der Waals surface area (Å²) in [4.78, 5) is 4.08. The number of hydrogen-bond donors (Lipinski definition) is 2. The number of nitrogens with zero attached hydrogens (tertiary/aromatic N) is 1. The normalized spacial score (nSPS) is 19.3. The number of benzene rings is 1. The summed E-state index contributed by atoms with van der Waals surface area (Å²) in [5.74, 6) is 1.74. The van der Waals surface area contributed by atoms with E-state index in [0.29, 0.717) is 6.61 Å². The first-order chi connectivity index (χ1) is 7.35. The molecule has 1 aromatic carbocycles. The molecule has 4 heteroatoms. The summed E-state index contributed by atoms with van der Waals surface area (Å²) in [5, 5.41) is 6.28. The van der Waals surface area contributed by atoms with Crippen LogP contribution in [0.4, 0.5) is 0 Å². The van der Waals surface area contributed by atoms with E-state index in [1.165, 1.54) is 5.56 Å². The van der Waals surface area contributed by atoms with Gasteiger partial charge in [-0.25, -0.2) is 0 Å². The Morgan fingerprint density at radius 1 is 1.47 bits per heavy atom. The average Bonchev–Trinajstić information content (AvgIpc) is 2.69. The molecule has 80 valence electrons. The Hall–Kier alpha value is -1.71. The molecule has 1 aromatic rings. The molecule has 0 bridgehead atoms. The molecule has 0 saturated heterocycles. The fourth-order valence-electron chi connectivity index (χ4n) is 1.70. The van der Waals surface area contributed by atoms with Gasteiger partial charge in [-0.05, 0) is 6.07 Å². The molecule has 0 saturated carbocycles. The molecule has 4 nitrogen and oxygen atoms in total. The monoisotopic (exact) mass is 205 g/mol. The Morgan fingerprint density at radius 3 is 3.00 bits per heavy atom. The second-order valence-corrected chi connectivity index (χ2v) is 3.37. The van der Waals surface area contributed by atoms with Crippen molar-refractivity contribution in [2.24, 2.45) is 4.99 Å². The molecule has 0 aliphatic carbocycles. The molecule has 2 N–H and O–H groups in total. The maximum atomic E-state index is 5.56. The minimum absolute atomic E-state index is 0.187. The van der Waals surface area contributed by atoms with Gasteiger partial charge in [0, 0.05) is 19.7 Å². The van der Waals surface area contributed by atoms with Gasteiger partial charge in [-0.1, -0.05) is 18.2 Å². The minimum Gasteiger partial charge on any atom is -0.491 e. The molecule has 0 fully saturated rings. The lowest BCUT2D eigenvalue weighted by Crippen LogP contribution is -2.37. The molecule has 0 amide bonds. The first-order valence-corrected chi connectivity index (χ1v) is 4.98. The van der Waals surface area contributed by atoms with Crippen molar-refractivity contribution in [3.05, 3.63) is 29.8 Å². The number of aliphatic imine (C=N–C) groups is 1. The van der Waals surface area contributed by atoms with Crippen molar-refractivity contribution in [2.45, 2.75) is 6.04 Å². The zero-order valence-electron chi connectivity index (χ0n) is 8.95. The number of ether oxygens (including phenoxy) is 1. The Balaban J connectivity index is 2.14. The molecule has 0 unspecified atom stereocenters. The maximum Gasteiger partial charge on any atom is 0.191 e. The third-order valence-corrected chi connectivity index (χ3v) is 2.47. The van der Waals surface area contributed by atoms with E-state index in [4.69, 9.17) is 4.74 Å². The summed E-state index contributed by atoms with van der Waals surface area (Å²) in [6.45, 7) is 0.653. The van der Waals surface area contributed by atoms with Crippen molar-refractivity contribution in [1.82, 2.24) is 10.6 Å². The van der Waals surface area contributed by atoms with Crippen molar-refractivity contribution in [2.75, 3.05) is 20.7 Å². The second-order valence-electron chi connectivity index (χ2n) is 3.37. The van der Waals surface area contributed by atoms with Gasteiger partial charge in [-0.2, -0.15) is 0 Å². The van der Waals surface area contributed by atoms with Gasteiger partial charge in [0.15, 0.2) is 5.96 Å². The fraction of sp³-hybridized carbons (Fsp3) is 0.364. The van der Waals surface area contributed by atoms with Gasteiger partial charge in [0.2, 0.25) is 0 Å². The lowest BCUT2D eigenvalue weighted by Gasteiger charge is -2.14. The lowest BCUT2D eigenvalue weighted by molar-refractivity contribution is 0.324. The van der Waals surface area contributed by atoms with Crippen LogP contribution in [-0.2, 0) is 0 Å². The Kier molecular flexibility index (Phi) is 2.76. The molecule has 0 radical (unpaired) electrons. The van der Waals surface area contributed by atoms with E-state index in [0.717, 1.165) is 11.7 Å². The van der Waals surface area contributed by atoms with Gasteiger partial charge in [-0.3, -0.25) is 4.99 Å². The van der Waals surface area contributed by atoms with Gasteiger partial charge in [0.25, 0.3) is 0 Å². The maximum absolute atomic E-state index is 5.56. The standard InChI is InChI=1S/C11H15N3O/c1-12-11(13-2)14-9-7-15-10-6-4-3-5-8(9)10/h3-6,9H,7H2,1-2H3,(H2,12,13,14)/t9-/m0/s1. The van der Waals surface area contributed by atoms with Gasteiger partial charge >= 0.3 is 0 Å². The van der Waals surface area contributed by atoms with E-state index >= 15 is 0 Å². The SMILES string of the molecule is CN=C(NC)N[C@H]1COc2ccccc21. The molecule has 2 rings (SSSR count). The third kappa shape index (κ3) is 1.88. The van der Waals surface area contributed by atoms with E-state index in [9.17, 15) is 0 Å². The minimum atomic E-state index is 0.187. The van der Waals surface area contributed by atoms with E-state index in [2.05, 4.69) is 21.7 Å². The molecule has 1 aliphatic rings. The highest BCUT2D eigenvalue weighted by Crippen LogP contribution is 2.31. The summed E-state index contributed by atoms with van der Waals surface area (Å²) in [7, 11) is 3.59. The average molecular weight is 205 g/mol. The van der Waals surface area contributed by atoms with Crippen LogP contribution in [0.3, 0.4) is 0 Å². The number of hydrogen-bond acceptors (Lipinski definition) is 2. The highest BCUT2D eigenvalue weighted by Gasteiger charge is 2.23. The summed E-state index contributed by atoms with van der Waals surface area (Å²) in [5.41, 5.74) is 1.19. The molecule has 1 atom stereocenters. The number of guanidine groups is 1. The van der Waals surface area contributed by atoms with Crippen LogP contribution < -0.4 is 15.4 Å². The van der Waals surface area contributed by atoms with Gasteiger partial charge in [-0.15, -0.1) is 0 Å². The summed E-state index contributed by atoms with van der Waals surface area (Å²) in [6.07, 6.45) is 0. The zero-order valence-corrected chi connectivity index (χ0v) is 8.95. The van der Waals surface area contributed by atoms with Crippen molar-refractivity contribution in [1.29, 1.82) is 0 Å². The van der Waals surface area contributed by atoms with E-state index in [-0.39, 0.29) is 6.04 Å². The van der Waals surface area contributed by atoms with Gasteiger partial charge < -0.3 is 15.4 Å². The van der Waals surface area contributed by atoms with Crippen LogP contribution in [0.15, 0.2) is 29.3 Å². The highest BCUT2D eigenvalue weighted by atomic mass is 16.5. The smallest absolute Gasteiger partial charge is 0.191 e. The van der Waals surface area contributed by atoms with E-state index in [1.54, 1.807) is 7.05 Å². The molecule has 15 heavy (non-hydrogen) atoms. The van der Waals surface area contributed by atoms with Crippen molar-refractivity contribution in [3.8, 4) is 5.75 Å². The Morgan fingerprint density at radius 2 is 2.27 bits per heavy atom. The molecular formula is C11H15N3O. The van der Waals surface area contributed by atoms with Crippen LogP contribution >= 0.6 is 0 Å². The second kappa shape index (κ2) is 4.21. The van der Waals surface area contributed by atoms with Crippen LogP contribution in [0.1, 0.15) is 11.6 Å².